The third kappa shape index (κ3) is 15.2. The van der Waals surface area contributed by atoms with Crippen LogP contribution < -0.4 is 20.1 Å². The lowest BCUT2D eigenvalue weighted by molar-refractivity contribution is -0.142. The van der Waals surface area contributed by atoms with Crippen LogP contribution in [-0.4, -0.2) is 152 Å². The van der Waals surface area contributed by atoms with E-state index in [1.165, 1.54) is 12.1 Å². The molecular formula is C38H53ClN6O12S. The summed E-state index contributed by atoms with van der Waals surface area (Å²) in [7, 11) is -3.85. The first-order valence-electron chi connectivity index (χ1n) is 18.9. The fourth-order valence-corrected chi connectivity index (χ4v) is 7.44. The van der Waals surface area contributed by atoms with E-state index in [0.29, 0.717) is 48.9 Å². The Morgan fingerprint density at radius 3 is 2.03 bits per heavy atom. The molecule has 0 bridgehead atoms. The quantitative estimate of drug-likeness (QED) is 0.125. The summed E-state index contributed by atoms with van der Waals surface area (Å²) in [5.41, 5.74) is 1.53. The van der Waals surface area contributed by atoms with Crippen molar-refractivity contribution < 1.29 is 56.3 Å². The highest BCUT2D eigenvalue weighted by molar-refractivity contribution is 7.89. The molecule has 2 atom stereocenters. The number of hydrogen-bond donors (Lipinski definition) is 4. The van der Waals surface area contributed by atoms with E-state index in [-0.39, 0.29) is 89.5 Å². The maximum atomic E-state index is 13.0. The van der Waals surface area contributed by atoms with Gasteiger partial charge in [-0.1, -0.05) is 11.6 Å². The summed E-state index contributed by atoms with van der Waals surface area (Å²) in [6, 6.07) is 11.3. The number of rotatable bonds is 22. The molecule has 2 aliphatic rings. The molecule has 320 valence electrons. The maximum Gasteiger partial charge on any atom is 0.410 e. The van der Waals surface area contributed by atoms with Crippen LogP contribution in [0.5, 0.6) is 5.75 Å². The lowest BCUT2D eigenvalue weighted by atomic mass is 10.0. The number of nitrogens with one attached hydrogen (secondary N) is 3. The highest BCUT2D eigenvalue weighted by Gasteiger charge is 2.41. The van der Waals surface area contributed by atoms with Crippen LogP contribution in [0.1, 0.15) is 43.6 Å². The van der Waals surface area contributed by atoms with Gasteiger partial charge in [0.25, 0.3) is 0 Å². The molecule has 4 N–H and O–H groups in total. The molecule has 1 aliphatic carbocycles. The minimum atomic E-state index is -3.85. The van der Waals surface area contributed by atoms with Gasteiger partial charge >= 0.3 is 18.1 Å². The van der Waals surface area contributed by atoms with Crippen molar-refractivity contribution in [1.82, 2.24) is 25.2 Å². The van der Waals surface area contributed by atoms with Crippen molar-refractivity contribution in [3.05, 3.63) is 58.1 Å². The molecule has 2 aromatic rings. The zero-order chi connectivity index (χ0) is 42.1. The summed E-state index contributed by atoms with van der Waals surface area (Å²) in [6.45, 7) is 9.17. The minimum Gasteiger partial charge on any atom is -0.484 e. The Morgan fingerprint density at radius 2 is 1.47 bits per heavy atom. The Morgan fingerprint density at radius 1 is 0.879 bits per heavy atom. The van der Waals surface area contributed by atoms with Gasteiger partial charge in [-0.25, -0.2) is 27.5 Å². The van der Waals surface area contributed by atoms with Crippen molar-refractivity contribution in [3.63, 3.8) is 0 Å². The van der Waals surface area contributed by atoms with Gasteiger partial charge in [0.2, 0.25) is 10.0 Å². The first kappa shape index (κ1) is 46.4. The van der Waals surface area contributed by atoms with Crippen molar-refractivity contribution in [3.8, 4) is 11.8 Å². The van der Waals surface area contributed by atoms with E-state index in [4.69, 9.17) is 45.1 Å². The number of carbonyl (C=O) groups is 3. The standard InChI is InChI=1S/C38H53ClN6O12S/c1-38(2,3)57-37(49)45-13-11-44(12-14-45)33-24-31-27(25-40)22-28(39)23-32(31)35(33)56-29-4-6-30(7-5-29)58(50,51)43-10-17-54-19-18-52-15-8-41-36(48)42-9-16-53-20-21-55-26-34(46)47/h4-7,22-23,33,35,43H,8-21,24,26H2,1-3H3,(H,46,47)(H2,41,42,48)/t33-,35-/m0/s1. The van der Waals surface area contributed by atoms with Gasteiger partial charge in [-0.15, -0.1) is 0 Å². The Bertz CT molecular complexity index is 1820. The second-order valence-electron chi connectivity index (χ2n) is 14.3. The second kappa shape index (κ2) is 22.8. The van der Waals surface area contributed by atoms with E-state index >= 15 is 0 Å². The summed E-state index contributed by atoms with van der Waals surface area (Å²) >= 11 is 6.43. The monoisotopic (exact) mass is 852 g/mol. The fraction of sp³-hybridized carbons (Fsp3) is 0.579. The third-order valence-electron chi connectivity index (χ3n) is 8.84. The number of benzene rings is 2. The summed E-state index contributed by atoms with van der Waals surface area (Å²) in [4.78, 5) is 38.8. The number of urea groups is 1. The zero-order valence-corrected chi connectivity index (χ0v) is 34.6. The Balaban J connectivity index is 1.16. The number of nitrogens with zero attached hydrogens (tertiary/aromatic N) is 3. The number of fused-ring (bicyclic) bond motifs is 1. The first-order valence-corrected chi connectivity index (χ1v) is 20.8. The van der Waals surface area contributed by atoms with Gasteiger partial charge in [-0.05, 0) is 74.7 Å². The molecular weight excluding hydrogens is 800 g/mol. The number of piperazine rings is 1. The molecule has 0 aromatic heterocycles. The molecule has 1 fully saturated rings. The number of sulfonamides is 1. The minimum absolute atomic E-state index is 0.0328. The van der Waals surface area contributed by atoms with Crippen LogP contribution in [0.4, 0.5) is 9.59 Å². The van der Waals surface area contributed by atoms with Gasteiger partial charge in [0.15, 0.2) is 0 Å². The SMILES string of the molecule is CC(C)(C)OC(=O)N1CCN([C@H]2Cc3c(C#N)cc(Cl)cc3[C@@H]2Oc2ccc(S(=O)(=O)NCCOCCOCCNC(=O)NCCOCCOCC(=O)O)cc2)CC1. The first-order chi connectivity index (χ1) is 27.7. The van der Waals surface area contributed by atoms with Crippen molar-refractivity contribution in [2.24, 2.45) is 0 Å². The van der Waals surface area contributed by atoms with Crippen LogP contribution in [0.2, 0.25) is 5.02 Å². The lowest BCUT2D eigenvalue weighted by Crippen LogP contribution is -2.54. The molecule has 0 radical (unpaired) electrons. The number of halogens is 1. The molecule has 2 aromatic carbocycles. The fourth-order valence-electron chi connectivity index (χ4n) is 6.20. The summed E-state index contributed by atoms with van der Waals surface area (Å²) < 4.78 is 61.5. The van der Waals surface area contributed by atoms with Crippen LogP contribution in [0, 0.1) is 11.3 Å². The molecule has 58 heavy (non-hydrogen) atoms. The predicted molar refractivity (Wildman–Crippen MR) is 210 cm³/mol. The lowest BCUT2D eigenvalue weighted by Gasteiger charge is -2.40. The molecule has 1 heterocycles. The number of carbonyl (C=O) groups excluding carboxylic acids is 2. The molecule has 0 spiro atoms. The van der Waals surface area contributed by atoms with Gasteiger partial charge < -0.3 is 49.1 Å². The number of ether oxygens (including phenoxy) is 6. The van der Waals surface area contributed by atoms with Gasteiger partial charge in [0, 0.05) is 50.8 Å². The van der Waals surface area contributed by atoms with E-state index < -0.39 is 33.7 Å². The van der Waals surface area contributed by atoms with Gasteiger partial charge in [-0.3, -0.25) is 4.90 Å². The van der Waals surface area contributed by atoms with Crippen LogP contribution >= 0.6 is 11.6 Å². The number of hydrogen-bond acceptors (Lipinski definition) is 13. The van der Waals surface area contributed by atoms with Crippen LogP contribution in [0.25, 0.3) is 0 Å². The molecule has 0 saturated carbocycles. The largest absolute Gasteiger partial charge is 0.484 e. The smallest absolute Gasteiger partial charge is 0.410 e. The Kier molecular flexibility index (Phi) is 18.2. The molecule has 20 heteroatoms. The molecule has 1 aliphatic heterocycles. The van der Waals surface area contributed by atoms with Gasteiger partial charge in [-0.2, -0.15) is 5.26 Å². The zero-order valence-electron chi connectivity index (χ0n) is 33.0. The normalized spacial score (nSPS) is 17.0. The van der Waals surface area contributed by atoms with Crippen molar-refractivity contribution in [2.75, 3.05) is 98.7 Å². The van der Waals surface area contributed by atoms with Crippen molar-refractivity contribution in [2.45, 2.75) is 49.8 Å². The molecule has 18 nitrogen and oxygen atoms in total. The van der Waals surface area contributed by atoms with Crippen LogP contribution in [0.3, 0.4) is 0 Å². The number of aliphatic carboxylic acids is 1. The summed E-state index contributed by atoms with van der Waals surface area (Å²) in [5.74, 6) is -0.613. The Hall–Kier alpha value is -4.26. The maximum absolute atomic E-state index is 13.0. The number of carboxylic acids is 1. The highest BCUT2D eigenvalue weighted by Crippen LogP contribution is 2.41. The molecule has 1 saturated heterocycles. The van der Waals surface area contributed by atoms with E-state index in [1.807, 2.05) is 26.8 Å². The average molecular weight is 853 g/mol. The van der Waals surface area contributed by atoms with Crippen molar-refractivity contribution >= 4 is 39.7 Å². The topological polar surface area (TPSA) is 227 Å². The summed E-state index contributed by atoms with van der Waals surface area (Å²) in [6.07, 6.45) is -0.318. The van der Waals surface area contributed by atoms with Gasteiger partial charge in [0.05, 0.1) is 68.8 Å². The summed E-state index contributed by atoms with van der Waals surface area (Å²) in [5, 5.41) is 24.0. The van der Waals surface area contributed by atoms with Crippen LogP contribution in [-0.2, 0) is 44.9 Å². The number of amides is 3. The Labute approximate surface area is 344 Å². The molecule has 4 rings (SSSR count). The highest BCUT2D eigenvalue weighted by atomic mass is 35.5. The third-order valence-corrected chi connectivity index (χ3v) is 10.5. The predicted octanol–water partition coefficient (Wildman–Crippen LogP) is 2.54. The molecule has 0 unspecified atom stereocenters. The van der Waals surface area contributed by atoms with E-state index in [9.17, 15) is 28.1 Å². The number of nitriles is 1. The molecule has 3 amide bonds. The average Bonchev–Trinajstić information content (AvgIpc) is 3.53. The second-order valence-corrected chi connectivity index (χ2v) is 16.5. The van der Waals surface area contributed by atoms with E-state index in [1.54, 1.807) is 23.1 Å². The van der Waals surface area contributed by atoms with Crippen molar-refractivity contribution in [1.29, 1.82) is 5.26 Å². The van der Waals surface area contributed by atoms with E-state index in [0.717, 1.165) is 11.1 Å². The van der Waals surface area contributed by atoms with Crippen LogP contribution in [0.15, 0.2) is 41.3 Å². The van der Waals surface area contributed by atoms with E-state index in [2.05, 4.69) is 26.3 Å². The number of carboxylic acid groups (broad SMARTS) is 1. The van der Waals surface area contributed by atoms with Gasteiger partial charge in [0.1, 0.15) is 24.1 Å².